The third-order valence-electron chi connectivity index (χ3n) is 4.42. The van der Waals surface area contributed by atoms with Crippen LogP contribution in [0.15, 0.2) is 48.1 Å². The van der Waals surface area contributed by atoms with Crippen LogP contribution in [0.3, 0.4) is 0 Å². The molecular formula is C18H19N3S. The molecule has 1 aliphatic heterocycles. The van der Waals surface area contributed by atoms with Crippen LogP contribution < -0.4 is 0 Å². The Morgan fingerprint density at radius 1 is 1.14 bits per heavy atom. The molecule has 0 spiro atoms. The molecule has 2 aromatic heterocycles. The average Bonchev–Trinajstić information content (AvgIpc) is 3.10. The fourth-order valence-corrected chi connectivity index (χ4v) is 4.14. The maximum atomic E-state index is 4.58. The standard InChI is InChI=1S/C18H19N3S/c1-4-14-6-2-8-19-17(14)15(5-1)12-21-10-3-7-16(13-21)18-20-9-11-22-18/h1-2,4-6,8-9,11,16H,3,7,10,12-13H2. The predicted molar refractivity (Wildman–Crippen MR) is 91.1 cm³/mol. The lowest BCUT2D eigenvalue weighted by molar-refractivity contribution is 0.200. The van der Waals surface area contributed by atoms with Gasteiger partial charge in [-0.05, 0) is 31.0 Å². The van der Waals surface area contributed by atoms with Crippen LogP contribution in [0.2, 0.25) is 0 Å². The molecule has 0 bridgehead atoms. The summed E-state index contributed by atoms with van der Waals surface area (Å²) < 4.78 is 0. The van der Waals surface area contributed by atoms with E-state index in [1.807, 2.05) is 18.5 Å². The number of piperidine rings is 1. The van der Waals surface area contributed by atoms with Crippen LogP contribution in [0.1, 0.15) is 29.3 Å². The number of aromatic nitrogens is 2. The molecule has 1 atom stereocenters. The van der Waals surface area contributed by atoms with E-state index in [4.69, 9.17) is 0 Å². The number of hydrogen-bond acceptors (Lipinski definition) is 4. The fourth-order valence-electron chi connectivity index (χ4n) is 3.37. The van der Waals surface area contributed by atoms with Gasteiger partial charge >= 0.3 is 0 Å². The first-order valence-electron chi connectivity index (χ1n) is 7.84. The van der Waals surface area contributed by atoms with Gasteiger partial charge in [0.25, 0.3) is 0 Å². The van der Waals surface area contributed by atoms with E-state index in [1.165, 1.54) is 35.3 Å². The molecule has 1 unspecified atom stereocenters. The van der Waals surface area contributed by atoms with Gasteiger partial charge in [-0.3, -0.25) is 9.88 Å². The topological polar surface area (TPSA) is 29.0 Å². The maximum Gasteiger partial charge on any atom is 0.0968 e. The molecule has 0 aliphatic carbocycles. The van der Waals surface area contributed by atoms with Crippen LogP contribution in [0, 0.1) is 0 Å². The van der Waals surface area contributed by atoms with Gasteiger partial charge in [-0.25, -0.2) is 4.98 Å². The number of hydrogen-bond donors (Lipinski definition) is 0. The lowest BCUT2D eigenvalue weighted by Gasteiger charge is -2.31. The van der Waals surface area contributed by atoms with E-state index in [2.05, 4.69) is 44.5 Å². The average molecular weight is 309 g/mol. The van der Waals surface area contributed by atoms with Crippen molar-refractivity contribution in [3.8, 4) is 0 Å². The van der Waals surface area contributed by atoms with Crippen molar-refractivity contribution in [2.75, 3.05) is 13.1 Å². The summed E-state index contributed by atoms with van der Waals surface area (Å²) in [5.41, 5.74) is 2.47. The van der Waals surface area contributed by atoms with E-state index in [0.29, 0.717) is 5.92 Å². The van der Waals surface area contributed by atoms with Crippen LogP contribution in [0.25, 0.3) is 10.9 Å². The second-order valence-corrected chi connectivity index (χ2v) is 6.86. The van der Waals surface area contributed by atoms with Crippen LogP contribution in [0.5, 0.6) is 0 Å². The molecule has 0 amide bonds. The molecule has 3 heterocycles. The first kappa shape index (κ1) is 13.9. The number of nitrogens with zero attached hydrogens (tertiary/aromatic N) is 3. The van der Waals surface area contributed by atoms with Crippen molar-refractivity contribution in [3.05, 3.63) is 58.7 Å². The van der Waals surface area contributed by atoms with E-state index in [9.17, 15) is 0 Å². The third kappa shape index (κ3) is 2.76. The van der Waals surface area contributed by atoms with Crippen LogP contribution in [0.4, 0.5) is 0 Å². The lowest BCUT2D eigenvalue weighted by Crippen LogP contribution is -2.33. The molecule has 3 nitrogen and oxygen atoms in total. The minimum absolute atomic E-state index is 0.594. The van der Waals surface area contributed by atoms with Crippen molar-refractivity contribution in [2.45, 2.75) is 25.3 Å². The van der Waals surface area contributed by atoms with Gasteiger partial charge in [0.1, 0.15) is 0 Å². The van der Waals surface area contributed by atoms with Crippen LogP contribution in [-0.4, -0.2) is 28.0 Å². The number of rotatable bonds is 3. The van der Waals surface area contributed by atoms with Gasteiger partial charge in [0.05, 0.1) is 10.5 Å². The zero-order chi connectivity index (χ0) is 14.8. The number of thiazole rings is 1. The third-order valence-corrected chi connectivity index (χ3v) is 5.35. The monoisotopic (exact) mass is 309 g/mol. The number of fused-ring (bicyclic) bond motifs is 1. The zero-order valence-corrected chi connectivity index (χ0v) is 13.3. The molecule has 3 aromatic rings. The molecule has 0 N–H and O–H groups in total. The summed E-state index contributed by atoms with van der Waals surface area (Å²) in [6.45, 7) is 3.26. The second-order valence-electron chi connectivity index (χ2n) is 5.94. The van der Waals surface area contributed by atoms with Crippen molar-refractivity contribution >= 4 is 22.2 Å². The first-order chi connectivity index (χ1) is 10.9. The molecule has 0 radical (unpaired) electrons. The van der Waals surface area contributed by atoms with Gasteiger partial charge in [0.2, 0.25) is 0 Å². The second kappa shape index (κ2) is 6.15. The number of benzene rings is 1. The quantitative estimate of drug-likeness (QED) is 0.730. The highest BCUT2D eigenvalue weighted by Gasteiger charge is 2.23. The molecule has 1 fully saturated rings. The Balaban J connectivity index is 1.55. The Kier molecular flexibility index (Phi) is 3.87. The molecule has 4 heteroatoms. The summed E-state index contributed by atoms with van der Waals surface area (Å²) >= 11 is 1.79. The van der Waals surface area contributed by atoms with Gasteiger partial charge in [-0.15, -0.1) is 11.3 Å². The maximum absolute atomic E-state index is 4.58. The van der Waals surface area contributed by atoms with Crippen molar-refractivity contribution in [1.82, 2.24) is 14.9 Å². The van der Waals surface area contributed by atoms with Gasteiger partial charge in [0, 0.05) is 42.2 Å². The summed E-state index contributed by atoms with van der Waals surface area (Å²) in [6, 6.07) is 10.6. The van der Waals surface area contributed by atoms with Crippen molar-refractivity contribution in [2.24, 2.45) is 0 Å². The van der Waals surface area contributed by atoms with Gasteiger partial charge in [-0.1, -0.05) is 24.3 Å². The lowest BCUT2D eigenvalue weighted by atomic mass is 9.98. The summed E-state index contributed by atoms with van der Waals surface area (Å²) in [5, 5.41) is 4.61. The zero-order valence-electron chi connectivity index (χ0n) is 12.5. The van der Waals surface area contributed by atoms with Gasteiger partial charge in [-0.2, -0.15) is 0 Å². The highest BCUT2D eigenvalue weighted by molar-refractivity contribution is 7.09. The van der Waals surface area contributed by atoms with E-state index < -0.39 is 0 Å². The molecule has 0 saturated carbocycles. The largest absolute Gasteiger partial charge is 0.298 e. The molecule has 1 aliphatic rings. The SMILES string of the molecule is c1cnc2c(CN3CCCC(c4nccs4)C3)cccc2c1. The van der Waals surface area contributed by atoms with Gasteiger partial charge < -0.3 is 0 Å². The molecule has 1 saturated heterocycles. The van der Waals surface area contributed by atoms with E-state index in [0.717, 1.165) is 18.6 Å². The first-order valence-corrected chi connectivity index (χ1v) is 8.72. The fraction of sp³-hybridized carbons (Fsp3) is 0.333. The number of pyridine rings is 1. The van der Waals surface area contributed by atoms with Gasteiger partial charge in [0.15, 0.2) is 0 Å². The van der Waals surface area contributed by atoms with Crippen molar-refractivity contribution in [1.29, 1.82) is 0 Å². The van der Waals surface area contributed by atoms with Crippen LogP contribution in [-0.2, 0) is 6.54 Å². The Morgan fingerprint density at radius 2 is 2.09 bits per heavy atom. The Hall–Kier alpha value is -1.78. The highest BCUT2D eigenvalue weighted by Crippen LogP contribution is 2.29. The highest BCUT2D eigenvalue weighted by atomic mass is 32.1. The van der Waals surface area contributed by atoms with Crippen LogP contribution >= 0.6 is 11.3 Å². The predicted octanol–water partition coefficient (Wildman–Crippen LogP) is 4.07. The smallest absolute Gasteiger partial charge is 0.0968 e. The minimum Gasteiger partial charge on any atom is -0.298 e. The Morgan fingerprint density at radius 3 is 3.00 bits per heavy atom. The number of likely N-dealkylation sites (tertiary alicyclic amines) is 1. The summed E-state index contributed by atoms with van der Waals surface area (Å²) in [5.74, 6) is 0.594. The Bertz CT molecular complexity index is 749. The van der Waals surface area contributed by atoms with Crippen molar-refractivity contribution < 1.29 is 0 Å². The summed E-state index contributed by atoms with van der Waals surface area (Å²) in [7, 11) is 0. The molecule has 22 heavy (non-hydrogen) atoms. The van der Waals surface area contributed by atoms with E-state index in [1.54, 1.807) is 11.3 Å². The van der Waals surface area contributed by atoms with Crippen molar-refractivity contribution in [3.63, 3.8) is 0 Å². The Labute approximate surface area is 134 Å². The van der Waals surface area contributed by atoms with E-state index in [-0.39, 0.29) is 0 Å². The molecular weight excluding hydrogens is 290 g/mol. The normalized spacial score (nSPS) is 19.5. The summed E-state index contributed by atoms with van der Waals surface area (Å²) in [6.07, 6.45) is 6.33. The number of para-hydroxylation sites is 1. The van der Waals surface area contributed by atoms with E-state index >= 15 is 0 Å². The molecule has 112 valence electrons. The minimum atomic E-state index is 0.594. The summed E-state index contributed by atoms with van der Waals surface area (Å²) in [4.78, 5) is 11.6. The molecule has 1 aromatic carbocycles. The molecule has 4 rings (SSSR count).